The molecule has 0 aromatic heterocycles. The van der Waals surface area contributed by atoms with Crippen LogP contribution in [0, 0.1) is 18.3 Å². The lowest BCUT2D eigenvalue weighted by Crippen LogP contribution is -2.23. The van der Waals surface area contributed by atoms with Gasteiger partial charge in [-0.2, -0.15) is 0 Å². The molecule has 0 fully saturated rings. The van der Waals surface area contributed by atoms with E-state index in [1.54, 1.807) is 11.1 Å². The summed E-state index contributed by atoms with van der Waals surface area (Å²) in [5, 5.41) is 8.44. The van der Waals surface area contributed by atoms with Crippen LogP contribution in [0.2, 0.25) is 0 Å². The van der Waals surface area contributed by atoms with Gasteiger partial charge in [0.2, 0.25) is 0 Å². The molecule has 0 heterocycles. The van der Waals surface area contributed by atoms with Crippen molar-refractivity contribution in [1.29, 1.82) is 0 Å². The Kier molecular flexibility index (Phi) is 10.2. The molecule has 1 aliphatic rings. The highest BCUT2D eigenvalue weighted by molar-refractivity contribution is 5.67. The molecule has 2 heteroatoms. The average molecular weight is 447 g/mol. The van der Waals surface area contributed by atoms with E-state index in [0.29, 0.717) is 5.41 Å². The molecule has 1 aliphatic carbocycles. The number of hydrogen-bond acceptors (Lipinski definition) is 1. The van der Waals surface area contributed by atoms with Gasteiger partial charge in [-0.3, -0.25) is 4.79 Å². The Morgan fingerprint density at radius 2 is 1.67 bits per heavy atom. The van der Waals surface area contributed by atoms with Crippen LogP contribution in [-0.4, -0.2) is 11.1 Å². The summed E-state index contributed by atoms with van der Waals surface area (Å²) in [5.41, 5.74) is 8.74. The van der Waals surface area contributed by atoms with Crippen molar-refractivity contribution in [2.24, 2.45) is 11.3 Å². The molecule has 0 aliphatic heterocycles. The van der Waals surface area contributed by atoms with Gasteiger partial charge < -0.3 is 5.11 Å². The van der Waals surface area contributed by atoms with Crippen LogP contribution < -0.4 is 0 Å². The quantitative estimate of drug-likeness (QED) is 0.482. The average Bonchev–Trinajstić information content (AvgIpc) is 2.77. The zero-order chi connectivity index (χ0) is 24.4. The van der Waals surface area contributed by atoms with E-state index in [2.05, 4.69) is 95.3 Å². The molecule has 0 saturated carbocycles. The Balaban J connectivity index is 0.000000257. The highest BCUT2D eigenvalue weighted by Gasteiger charge is 2.28. The highest BCUT2D eigenvalue weighted by Crippen LogP contribution is 2.41. The Morgan fingerprint density at radius 3 is 2.24 bits per heavy atom. The predicted molar refractivity (Wildman–Crippen MR) is 141 cm³/mol. The first-order chi connectivity index (χ1) is 15.6. The maximum atomic E-state index is 10.2. The number of carbonyl (C=O) groups is 1. The van der Waals surface area contributed by atoms with Gasteiger partial charge >= 0.3 is 5.97 Å². The third-order valence-corrected chi connectivity index (χ3v) is 6.70. The first-order valence-corrected chi connectivity index (χ1v) is 12.3. The standard InChI is InChI=1S/C20H28.C11H14O2/c1-15-11-12-19(20(3,4)5)14-18(15)13-16(2)17-9-7-6-8-10-17;1-9-5-7-10(8-6-9)3-2-4-11(12)13/h6-10,13,19H,11-12,14H2,1-5H3;5-8H,2-4H2,1H3,(H,12,13)/b16-13+;. The number of allylic oxidation sites excluding steroid dienone is 4. The van der Waals surface area contributed by atoms with E-state index >= 15 is 0 Å². The summed E-state index contributed by atoms with van der Waals surface area (Å²) in [4.78, 5) is 10.2. The topological polar surface area (TPSA) is 37.3 Å². The molecular formula is C31H42O2. The second-order valence-electron chi connectivity index (χ2n) is 10.5. The number of hydrogen-bond donors (Lipinski definition) is 1. The van der Waals surface area contributed by atoms with E-state index in [9.17, 15) is 4.79 Å². The fourth-order valence-electron chi connectivity index (χ4n) is 4.26. The van der Waals surface area contributed by atoms with Gasteiger partial charge in [0.25, 0.3) is 0 Å². The maximum absolute atomic E-state index is 10.2. The van der Waals surface area contributed by atoms with Gasteiger partial charge in [-0.15, -0.1) is 0 Å². The summed E-state index contributed by atoms with van der Waals surface area (Å²) >= 11 is 0. The molecule has 178 valence electrons. The smallest absolute Gasteiger partial charge is 0.303 e. The Labute approximate surface area is 201 Å². The van der Waals surface area contributed by atoms with Crippen LogP contribution in [-0.2, 0) is 11.2 Å². The second-order valence-corrected chi connectivity index (χ2v) is 10.5. The van der Waals surface area contributed by atoms with Crippen LogP contribution in [0.4, 0.5) is 0 Å². The van der Waals surface area contributed by atoms with Crippen molar-refractivity contribution in [2.75, 3.05) is 0 Å². The van der Waals surface area contributed by atoms with Crippen LogP contribution in [0.15, 0.2) is 71.8 Å². The number of aliphatic carboxylic acids is 1. The fourth-order valence-corrected chi connectivity index (χ4v) is 4.26. The van der Waals surface area contributed by atoms with Gasteiger partial charge in [0, 0.05) is 6.42 Å². The summed E-state index contributed by atoms with van der Waals surface area (Å²) in [7, 11) is 0. The normalized spacial score (nSPS) is 16.8. The van der Waals surface area contributed by atoms with Gasteiger partial charge in [-0.25, -0.2) is 0 Å². The van der Waals surface area contributed by atoms with E-state index in [0.717, 1.165) is 18.8 Å². The Morgan fingerprint density at radius 1 is 1.03 bits per heavy atom. The van der Waals surface area contributed by atoms with Crippen molar-refractivity contribution in [2.45, 2.75) is 80.1 Å². The molecule has 1 atom stereocenters. The van der Waals surface area contributed by atoms with Crippen molar-refractivity contribution in [3.8, 4) is 0 Å². The molecule has 0 spiro atoms. The van der Waals surface area contributed by atoms with Crippen molar-refractivity contribution in [3.05, 3.63) is 88.5 Å². The van der Waals surface area contributed by atoms with E-state index in [1.807, 2.05) is 6.92 Å². The first-order valence-electron chi connectivity index (χ1n) is 12.3. The molecule has 33 heavy (non-hydrogen) atoms. The largest absolute Gasteiger partial charge is 0.481 e. The van der Waals surface area contributed by atoms with Crippen molar-refractivity contribution in [3.63, 3.8) is 0 Å². The molecule has 2 aromatic carbocycles. The summed E-state index contributed by atoms with van der Waals surface area (Å²) in [6, 6.07) is 18.9. The predicted octanol–water partition coefficient (Wildman–Crippen LogP) is 8.65. The highest BCUT2D eigenvalue weighted by atomic mass is 16.4. The lowest BCUT2D eigenvalue weighted by atomic mass is 9.70. The van der Waals surface area contributed by atoms with E-state index in [-0.39, 0.29) is 6.42 Å². The molecule has 3 rings (SSSR count). The van der Waals surface area contributed by atoms with Crippen LogP contribution in [0.3, 0.4) is 0 Å². The lowest BCUT2D eigenvalue weighted by molar-refractivity contribution is -0.137. The summed E-state index contributed by atoms with van der Waals surface area (Å²) in [5.74, 6) is 0.0909. The Bertz CT molecular complexity index is 941. The van der Waals surface area contributed by atoms with Crippen molar-refractivity contribution < 1.29 is 9.90 Å². The molecule has 2 aromatic rings. The second kappa shape index (κ2) is 12.6. The number of carboxylic acid groups (broad SMARTS) is 1. The van der Waals surface area contributed by atoms with Gasteiger partial charge in [-0.05, 0) is 86.5 Å². The van der Waals surface area contributed by atoms with E-state index in [1.165, 1.54) is 41.5 Å². The zero-order valence-corrected chi connectivity index (χ0v) is 21.4. The molecule has 0 saturated heterocycles. The van der Waals surface area contributed by atoms with Gasteiger partial charge in [0.15, 0.2) is 0 Å². The molecular weight excluding hydrogens is 404 g/mol. The summed E-state index contributed by atoms with van der Waals surface area (Å²) in [6.45, 7) is 13.7. The molecule has 0 radical (unpaired) electrons. The minimum absolute atomic E-state index is 0.258. The molecule has 2 nitrogen and oxygen atoms in total. The number of rotatable bonds is 6. The Hall–Kier alpha value is -2.61. The zero-order valence-electron chi connectivity index (χ0n) is 21.4. The van der Waals surface area contributed by atoms with Gasteiger partial charge in [-0.1, -0.05) is 92.6 Å². The van der Waals surface area contributed by atoms with Crippen LogP contribution in [0.25, 0.3) is 5.57 Å². The monoisotopic (exact) mass is 446 g/mol. The summed E-state index contributed by atoms with van der Waals surface area (Å²) in [6.07, 6.45) is 8.09. The van der Waals surface area contributed by atoms with Crippen LogP contribution in [0.5, 0.6) is 0 Å². The summed E-state index contributed by atoms with van der Waals surface area (Å²) < 4.78 is 0. The fraction of sp³-hybridized carbons (Fsp3) is 0.452. The van der Waals surface area contributed by atoms with Crippen molar-refractivity contribution in [1.82, 2.24) is 0 Å². The van der Waals surface area contributed by atoms with Gasteiger partial charge in [0.05, 0.1) is 0 Å². The third-order valence-electron chi connectivity index (χ3n) is 6.70. The van der Waals surface area contributed by atoms with Crippen molar-refractivity contribution >= 4 is 11.5 Å². The van der Waals surface area contributed by atoms with Crippen LogP contribution >= 0.6 is 0 Å². The van der Waals surface area contributed by atoms with E-state index < -0.39 is 5.97 Å². The molecule has 1 N–H and O–H groups in total. The first kappa shape index (κ1) is 26.6. The van der Waals surface area contributed by atoms with Crippen LogP contribution in [0.1, 0.15) is 83.4 Å². The molecule has 1 unspecified atom stereocenters. The number of carboxylic acids is 1. The number of benzene rings is 2. The van der Waals surface area contributed by atoms with E-state index in [4.69, 9.17) is 5.11 Å². The number of aryl methyl sites for hydroxylation is 2. The molecule has 0 bridgehead atoms. The molecule has 0 amide bonds. The van der Waals surface area contributed by atoms with Gasteiger partial charge in [0.1, 0.15) is 0 Å². The minimum atomic E-state index is -0.716. The lowest BCUT2D eigenvalue weighted by Gasteiger charge is -2.35. The maximum Gasteiger partial charge on any atom is 0.303 e. The third kappa shape index (κ3) is 9.42. The SMILES string of the molecule is CC1=C(/C=C(\C)c2ccccc2)CC(C(C)(C)C)CC1.Cc1ccc(CCCC(=O)O)cc1. The minimum Gasteiger partial charge on any atom is -0.481 e.